The van der Waals surface area contributed by atoms with Gasteiger partial charge in [0.15, 0.2) is 8.03 Å². The van der Waals surface area contributed by atoms with Crippen molar-refractivity contribution in [2.24, 2.45) is 11.7 Å². The first kappa shape index (κ1) is 11.2. The Labute approximate surface area is 80.6 Å². The quantitative estimate of drug-likeness (QED) is 0.687. The van der Waals surface area contributed by atoms with Crippen LogP contribution in [-0.4, -0.2) is 16.6 Å². The lowest BCUT2D eigenvalue weighted by Gasteiger charge is -2.31. The van der Waals surface area contributed by atoms with Gasteiger partial charge in [-0.3, -0.25) is 4.57 Å². The topological polar surface area (TPSA) is 63.3 Å². The first-order chi connectivity index (χ1) is 6.04. The van der Waals surface area contributed by atoms with Crippen LogP contribution in [-0.2, 0) is 4.57 Å². The van der Waals surface area contributed by atoms with E-state index in [4.69, 9.17) is 10.6 Å². The molecule has 0 aliphatic heterocycles. The molecule has 1 rings (SSSR count). The van der Waals surface area contributed by atoms with Crippen molar-refractivity contribution < 1.29 is 9.46 Å². The van der Waals surface area contributed by atoms with E-state index in [1.54, 1.807) is 0 Å². The molecule has 13 heavy (non-hydrogen) atoms. The molecular formula is C9H20NO2P. The van der Waals surface area contributed by atoms with Gasteiger partial charge < -0.3 is 10.6 Å². The molecule has 1 aliphatic carbocycles. The van der Waals surface area contributed by atoms with Crippen molar-refractivity contribution in [3.05, 3.63) is 0 Å². The maximum Gasteiger partial charge on any atom is 0.189 e. The van der Waals surface area contributed by atoms with Crippen LogP contribution < -0.4 is 5.73 Å². The van der Waals surface area contributed by atoms with Crippen molar-refractivity contribution in [2.45, 2.75) is 44.6 Å². The molecular weight excluding hydrogens is 185 g/mol. The van der Waals surface area contributed by atoms with Gasteiger partial charge in [-0.05, 0) is 25.2 Å². The van der Waals surface area contributed by atoms with Crippen LogP contribution in [0.5, 0.6) is 0 Å². The summed E-state index contributed by atoms with van der Waals surface area (Å²) in [7, 11) is -2.29. The van der Waals surface area contributed by atoms with Crippen molar-refractivity contribution in [2.75, 3.05) is 6.16 Å². The van der Waals surface area contributed by atoms with Crippen LogP contribution in [0, 0.1) is 5.92 Å². The average Bonchev–Trinajstić information content (AvgIpc) is 2.49. The normalized spacial score (nSPS) is 25.8. The fourth-order valence-corrected chi connectivity index (χ4v) is 2.83. The average molecular weight is 205 g/mol. The van der Waals surface area contributed by atoms with Crippen molar-refractivity contribution in [1.29, 1.82) is 0 Å². The van der Waals surface area contributed by atoms with Crippen LogP contribution >= 0.6 is 8.03 Å². The highest BCUT2D eigenvalue weighted by Crippen LogP contribution is 2.36. The first-order valence-corrected chi connectivity index (χ1v) is 6.61. The van der Waals surface area contributed by atoms with E-state index in [1.165, 1.54) is 12.8 Å². The minimum atomic E-state index is -2.29. The highest BCUT2D eigenvalue weighted by Gasteiger charge is 2.34. The van der Waals surface area contributed by atoms with E-state index in [2.05, 4.69) is 6.92 Å². The minimum Gasteiger partial charge on any atom is -0.346 e. The zero-order valence-corrected chi connectivity index (χ0v) is 9.25. The lowest BCUT2D eigenvalue weighted by molar-refractivity contribution is 0.288. The third kappa shape index (κ3) is 3.08. The molecule has 0 radical (unpaired) electrons. The van der Waals surface area contributed by atoms with Crippen molar-refractivity contribution in [3.8, 4) is 0 Å². The second-order valence-electron chi connectivity index (χ2n) is 4.27. The van der Waals surface area contributed by atoms with E-state index in [0.29, 0.717) is 12.1 Å². The Kier molecular flexibility index (Phi) is 3.96. The summed E-state index contributed by atoms with van der Waals surface area (Å²) >= 11 is 0. The van der Waals surface area contributed by atoms with Gasteiger partial charge in [0.2, 0.25) is 0 Å². The smallest absolute Gasteiger partial charge is 0.189 e. The van der Waals surface area contributed by atoms with E-state index < -0.39 is 8.03 Å². The third-order valence-electron chi connectivity index (χ3n) is 3.31. The Bertz CT molecular complexity index is 190. The summed E-state index contributed by atoms with van der Waals surface area (Å²) in [5.41, 5.74) is 6.17. The zero-order chi connectivity index (χ0) is 9.90. The zero-order valence-electron chi connectivity index (χ0n) is 8.25. The van der Waals surface area contributed by atoms with Gasteiger partial charge in [-0.1, -0.05) is 19.8 Å². The summed E-state index contributed by atoms with van der Waals surface area (Å²) in [4.78, 5) is 8.73. The first-order valence-electron chi connectivity index (χ1n) is 5.05. The Morgan fingerprint density at radius 2 is 2.08 bits per heavy atom. The molecule has 0 aromatic heterocycles. The molecule has 3 nitrogen and oxygen atoms in total. The van der Waals surface area contributed by atoms with Crippen LogP contribution in [0.3, 0.4) is 0 Å². The monoisotopic (exact) mass is 205 g/mol. The molecule has 2 atom stereocenters. The number of rotatable bonds is 4. The van der Waals surface area contributed by atoms with Crippen molar-refractivity contribution >= 4 is 8.03 Å². The molecule has 4 heteroatoms. The van der Waals surface area contributed by atoms with Crippen LogP contribution in [0.25, 0.3) is 0 Å². The van der Waals surface area contributed by atoms with E-state index in [1.807, 2.05) is 0 Å². The Hall–Kier alpha value is 0.150. The Morgan fingerprint density at radius 3 is 2.54 bits per heavy atom. The van der Waals surface area contributed by atoms with Gasteiger partial charge in [0.1, 0.15) is 0 Å². The largest absolute Gasteiger partial charge is 0.346 e. The summed E-state index contributed by atoms with van der Waals surface area (Å²) < 4.78 is 10.6. The number of hydrogen-bond acceptors (Lipinski definition) is 2. The van der Waals surface area contributed by atoms with Crippen LogP contribution in [0.4, 0.5) is 0 Å². The SMILES string of the molecule is CC(CC[PH](=O)O)C1(N)CCCC1. The fraction of sp³-hybridized carbons (Fsp3) is 1.00. The van der Waals surface area contributed by atoms with Crippen LogP contribution in [0.2, 0.25) is 0 Å². The molecule has 0 aromatic rings. The predicted octanol–water partition coefficient (Wildman–Crippen LogP) is 1.75. The Balaban J connectivity index is 2.37. The molecule has 1 saturated carbocycles. The van der Waals surface area contributed by atoms with Gasteiger partial charge >= 0.3 is 0 Å². The van der Waals surface area contributed by atoms with Crippen molar-refractivity contribution in [3.63, 3.8) is 0 Å². The van der Waals surface area contributed by atoms with E-state index >= 15 is 0 Å². The maximum absolute atomic E-state index is 10.6. The molecule has 1 aliphatic rings. The Morgan fingerprint density at radius 1 is 1.54 bits per heavy atom. The number of nitrogens with two attached hydrogens (primary N) is 1. The molecule has 3 N–H and O–H groups in total. The van der Waals surface area contributed by atoms with Gasteiger partial charge in [-0.15, -0.1) is 0 Å². The predicted molar refractivity (Wildman–Crippen MR) is 55.3 cm³/mol. The third-order valence-corrected chi connectivity index (χ3v) is 4.02. The second kappa shape index (κ2) is 4.59. The molecule has 2 unspecified atom stereocenters. The summed E-state index contributed by atoms with van der Waals surface area (Å²) in [6, 6.07) is 0. The van der Waals surface area contributed by atoms with Gasteiger partial charge in [0.05, 0.1) is 0 Å². The second-order valence-corrected chi connectivity index (χ2v) is 5.56. The summed E-state index contributed by atoms with van der Waals surface area (Å²) in [6.45, 7) is 2.11. The molecule has 0 heterocycles. The lowest BCUT2D eigenvalue weighted by atomic mass is 9.83. The molecule has 0 aromatic carbocycles. The molecule has 0 spiro atoms. The highest BCUT2D eigenvalue weighted by atomic mass is 31.1. The molecule has 0 amide bonds. The van der Waals surface area contributed by atoms with Crippen LogP contribution in [0.1, 0.15) is 39.0 Å². The maximum atomic E-state index is 10.6. The van der Waals surface area contributed by atoms with Crippen molar-refractivity contribution in [1.82, 2.24) is 0 Å². The minimum absolute atomic E-state index is 0.0443. The standard InChI is InChI=1S/C9H20NO2P/c1-8(4-7-13(11)12)9(10)5-2-3-6-9/h8,13H,2-7,10H2,1H3,(H,11,12). The summed E-state index contributed by atoms with van der Waals surface area (Å²) in [5, 5.41) is 0. The van der Waals surface area contributed by atoms with Gasteiger partial charge in [0.25, 0.3) is 0 Å². The van der Waals surface area contributed by atoms with Gasteiger partial charge in [-0.2, -0.15) is 0 Å². The fourth-order valence-electron chi connectivity index (χ4n) is 2.15. The molecule has 0 bridgehead atoms. The highest BCUT2D eigenvalue weighted by molar-refractivity contribution is 7.37. The molecule has 1 fully saturated rings. The molecule has 78 valence electrons. The summed E-state index contributed by atoms with van der Waals surface area (Å²) in [6.07, 6.45) is 5.83. The van der Waals surface area contributed by atoms with Crippen LogP contribution in [0.15, 0.2) is 0 Å². The molecule has 0 saturated heterocycles. The van der Waals surface area contributed by atoms with Gasteiger partial charge in [-0.25, -0.2) is 0 Å². The number of hydrogen-bond donors (Lipinski definition) is 2. The van der Waals surface area contributed by atoms with Gasteiger partial charge in [0, 0.05) is 11.7 Å². The van der Waals surface area contributed by atoms with E-state index in [-0.39, 0.29) is 5.54 Å². The summed E-state index contributed by atoms with van der Waals surface area (Å²) in [5.74, 6) is 0.385. The van der Waals surface area contributed by atoms with E-state index in [9.17, 15) is 4.57 Å². The lowest BCUT2D eigenvalue weighted by Crippen LogP contribution is -2.43. The van der Waals surface area contributed by atoms with E-state index in [0.717, 1.165) is 19.3 Å².